The molecule has 1 aliphatic heterocycles. The fraction of sp³-hybridized carbons (Fsp3) is 0.424. The number of rotatable bonds is 10. The van der Waals surface area contributed by atoms with Crippen LogP contribution in [0.4, 0.5) is 13.6 Å². The lowest BCUT2D eigenvalue weighted by molar-refractivity contribution is -0.148. The summed E-state index contributed by atoms with van der Waals surface area (Å²) in [4.78, 5) is 31.1. The zero-order chi connectivity index (χ0) is 31.1. The quantitative estimate of drug-likeness (QED) is 0.275. The van der Waals surface area contributed by atoms with Gasteiger partial charge in [-0.15, -0.1) is 0 Å². The van der Waals surface area contributed by atoms with Gasteiger partial charge in [0.2, 0.25) is 0 Å². The maximum atomic E-state index is 14.2. The minimum atomic E-state index is -1.05. The van der Waals surface area contributed by atoms with Crippen molar-refractivity contribution in [2.75, 3.05) is 13.7 Å². The van der Waals surface area contributed by atoms with Crippen molar-refractivity contribution in [3.05, 3.63) is 77.5 Å². The normalized spacial score (nSPS) is 19.0. The van der Waals surface area contributed by atoms with Crippen LogP contribution in [0.25, 0.3) is 17.0 Å². The van der Waals surface area contributed by atoms with Crippen LogP contribution in [0.5, 0.6) is 5.75 Å². The standard InChI is InChI=1S/C33H38F2N2O6/c1-33(2,3)43-32(40)37(17-5-6-22-18-23(34)8-12-27(22)35)29-14-11-24(42-30(29)20-31(38)39)9-7-21-15-16-36-28-13-10-25(41-4)19-26(21)28/h5-6,8,10,12-13,15-16,18-19,24,29-30H,7,9,11,14,17,20H2,1-4H3,(H,38,39)/t24-,29-,30-/m1/s1. The number of benzene rings is 2. The van der Waals surface area contributed by atoms with Gasteiger partial charge < -0.3 is 19.3 Å². The van der Waals surface area contributed by atoms with Crippen molar-refractivity contribution < 1.29 is 37.7 Å². The highest BCUT2D eigenvalue weighted by molar-refractivity contribution is 5.83. The molecule has 3 aromatic rings. The number of pyridine rings is 1. The van der Waals surface area contributed by atoms with Crippen molar-refractivity contribution in [3.8, 4) is 5.75 Å². The van der Waals surface area contributed by atoms with Crippen LogP contribution in [0, 0.1) is 11.6 Å². The van der Waals surface area contributed by atoms with E-state index in [0.29, 0.717) is 25.7 Å². The number of carbonyl (C=O) groups excluding carboxylic acids is 1. The second-order valence-electron chi connectivity index (χ2n) is 11.6. The molecule has 0 radical (unpaired) electrons. The van der Waals surface area contributed by atoms with Crippen LogP contribution in [0.1, 0.15) is 57.6 Å². The average Bonchev–Trinajstić information content (AvgIpc) is 2.94. The zero-order valence-electron chi connectivity index (χ0n) is 24.9. The van der Waals surface area contributed by atoms with E-state index in [4.69, 9.17) is 14.2 Å². The first-order valence-corrected chi connectivity index (χ1v) is 14.3. The number of carboxylic acid groups (broad SMARTS) is 1. The zero-order valence-corrected chi connectivity index (χ0v) is 24.9. The molecule has 1 N–H and O–H groups in total. The van der Waals surface area contributed by atoms with E-state index < -0.39 is 41.4 Å². The largest absolute Gasteiger partial charge is 0.497 e. The number of aromatic nitrogens is 1. The minimum Gasteiger partial charge on any atom is -0.497 e. The number of aryl methyl sites for hydroxylation is 1. The molecule has 43 heavy (non-hydrogen) atoms. The Bertz CT molecular complexity index is 1470. The smallest absolute Gasteiger partial charge is 0.410 e. The fourth-order valence-electron chi connectivity index (χ4n) is 5.32. The molecule has 0 bridgehead atoms. The van der Waals surface area contributed by atoms with Crippen molar-refractivity contribution in [1.82, 2.24) is 9.88 Å². The Morgan fingerprint density at radius 1 is 1.14 bits per heavy atom. The SMILES string of the molecule is COc1ccc2nccc(CC[C@@H]3CC[C@@H](N(CC=Cc4cc(F)ccc4F)C(=O)OC(C)(C)C)[C@@H](CC(=O)O)O3)c2c1. The molecule has 1 amide bonds. The number of fused-ring (bicyclic) bond motifs is 1. The van der Waals surface area contributed by atoms with Gasteiger partial charge in [0.15, 0.2) is 0 Å². The van der Waals surface area contributed by atoms with Crippen LogP contribution >= 0.6 is 0 Å². The first-order chi connectivity index (χ1) is 20.4. The number of aliphatic carboxylic acids is 1. The maximum absolute atomic E-state index is 14.2. The summed E-state index contributed by atoms with van der Waals surface area (Å²) < 4.78 is 45.2. The van der Waals surface area contributed by atoms with Gasteiger partial charge in [-0.3, -0.25) is 14.7 Å². The molecule has 1 aliphatic rings. The van der Waals surface area contributed by atoms with Crippen molar-refractivity contribution in [3.63, 3.8) is 0 Å². The van der Waals surface area contributed by atoms with Crippen LogP contribution in [-0.4, -0.2) is 64.6 Å². The topological polar surface area (TPSA) is 98.2 Å². The second kappa shape index (κ2) is 13.9. The van der Waals surface area contributed by atoms with E-state index in [1.54, 1.807) is 34.1 Å². The number of methoxy groups -OCH3 is 1. The van der Waals surface area contributed by atoms with E-state index in [1.165, 1.54) is 17.1 Å². The van der Waals surface area contributed by atoms with E-state index in [-0.39, 0.29) is 24.6 Å². The molecular weight excluding hydrogens is 558 g/mol. The summed E-state index contributed by atoms with van der Waals surface area (Å²) in [5.74, 6) is -1.51. The second-order valence-corrected chi connectivity index (χ2v) is 11.6. The van der Waals surface area contributed by atoms with Gasteiger partial charge in [0.05, 0.1) is 37.3 Å². The van der Waals surface area contributed by atoms with Gasteiger partial charge in [0.1, 0.15) is 23.0 Å². The molecule has 230 valence electrons. The fourth-order valence-corrected chi connectivity index (χ4v) is 5.32. The predicted molar refractivity (Wildman–Crippen MR) is 159 cm³/mol. The Balaban J connectivity index is 1.52. The summed E-state index contributed by atoms with van der Waals surface area (Å²) in [6.07, 6.45) is 5.11. The van der Waals surface area contributed by atoms with E-state index in [0.717, 1.165) is 40.4 Å². The molecule has 0 saturated carbocycles. The van der Waals surface area contributed by atoms with E-state index in [1.807, 2.05) is 24.3 Å². The molecule has 4 rings (SSSR count). The van der Waals surface area contributed by atoms with Crippen molar-refractivity contribution in [2.24, 2.45) is 0 Å². The lowest BCUT2D eigenvalue weighted by atomic mass is 9.92. The Kier molecular flexibility index (Phi) is 10.3. The summed E-state index contributed by atoms with van der Waals surface area (Å²) >= 11 is 0. The molecule has 0 aliphatic carbocycles. The summed E-state index contributed by atoms with van der Waals surface area (Å²) in [6, 6.07) is 10.2. The van der Waals surface area contributed by atoms with Gasteiger partial charge in [-0.05, 0) is 94.5 Å². The third kappa shape index (κ3) is 8.73. The Labute approximate surface area is 250 Å². The molecule has 2 heterocycles. The summed E-state index contributed by atoms with van der Waals surface area (Å²) in [6.45, 7) is 5.20. The Hall–Kier alpha value is -4.05. The molecule has 2 aromatic carbocycles. The minimum absolute atomic E-state index is 0.00941. The van der Waals surface area contributed by atoms with Gasteiger partial charge in [-0.25, -0.2) is 13.6 Å². The number of ether oxygens (including phenoxy) is 3. The van der Waals surface area contributed by atoms with Crippen LogP contribution in [0.2, 0.25) is 0 Å². The van der Waals surface area contributed by atoms with Gasteiger partial charge in [0.25, 0.3) is 0 Å². The van der Waals surface area contributed by atoms with Crippen molar-refractivity contribution in [2.45, 2.75) is 76.7 Å². The molecule has 1 fully saturated rings. The number of amides is 1. The lowest BCUT2D eigenvalue weighted by Gasteiger charge is -2.42. The molecular formula is C33H38F2N2O6. The van der Waals surface area contributed by atoms with Crippen LogP contribution < -0.4 is 4.74 Å². The number of carbonyl (C=O) groups is 2. The maximum Gasteiger partial charge on any atom is 0.410 e. The molecule has 3 atom stereocenters. The summed E-state index contributed by atoms with van der Waals surface area (Å²) in [7, 11) is 1.61. The number of hydrogen-bond donors (Lipinski definition) is 1. The van der Waals surface area contributed by atoms with Gasteiger partial charge in [0, 0.05) is 23.7 Å². The first-order valence-electron chi connectivity index (χ1n) is 14.3. The lowest BCUT2D eigenvalue weighted by Crippen LogP contribution is -2.53. The van der Waals surface area contributed by atoms with E-state index >= 15 is 0 Å². The number of nitrogens with zero attached hydrogens (tertiary/aromatic N) is 2. The molecule has 0 spiro atoms. The van der Waals surface area contributed by atoms with Crippen molar-refractivity contribution in [1.29, 1.82) is 0 Å². The Morgan fingerprint density at radius 2 is 1.93 bits per heavy atom. The molecule has 1 saturated heterocycles. The van der Waals surface area contributed by atoms with Gasteiger partial charge in [-0.1, -0.05) is 12.2 Å². The number of hydrogen-bond acceptors (Lipinski definition) is 6. The van der Waals surface area contributed by atoms with E-state index in [2.05, 4.69) is 4.98 Å². The number of halogens is 2. The molecule has 10 heteroatoms. The highest BCUT2D eigenvalue weighted by Crippen LogP contribution is 2.31. The summed E-state index contributed by atoms with van der Waals surface area (Å²) in [5, 5.41) is 10.7. The third-order valence-corrected chi connectivity index (χ3v) is 7.32. The average molecular weight is 597 g/mol. The van der Waals surface area contributed by atoms with Crippen LogP contribution in [0.15, 0.2) is 54.7 Å². The first kappa shape index (κ1) is 31.9. The highest BCUT2D eigenvalue weighted by atomic mass is 19.1. The predicted octanol–water partition coefficient (Wildman–Crippen LogP) is 6.80. The highest BCUT2D eigenvalue weighted by Gasteiger charge is 2.39. The molecule has 1 aromatic heterocycles. The van der Waals surface area contributed by atoms with Gasteiger partial charge in [-0.2, -0.15) is 0 Å². The summed E-state index contributed by atoms with van der Waals surface area (Å²) in [5.41, 5.74) is 1.16. The number of carboxylic acids is 1. The molecule has 8 nitrogen and oxygen atoms in total. The van der Waals surface area contributed by atoms with Crippen LogP contribution in [0.3, 0.4) is 0 Å². The Morgan fingerprint density at radius 3 is 2.65 bits per heavy atom. The third-order valence-electron chi connectivity index (χ3n) is 7.32. The molecule has 0 unspecified atom stereocenters. The van der Waals surface area contributed by atoms with Crippen molar-refractivity contribution >= 4 is 29.0 Å². The van der Waals surface area contributed by atoms with Gasteiger partial charge >= 0.3 is 12.1 Å². The van der Waals surface area contributed by atoms with Crippen LogP contribution in [-0.2, 0) is 20.7 Å². The van der Waals surface area contributed by atoms with E-state index in [9.17, 15) is 23.5 Å². The monoisotopic (exact) mass is 596 g/mol.